The average Bonchev–Trinajstić information content (AvgIpc) is 3.04. The molecule has 0 unspecified atom stereocenters. The van der Waals surface area contributed by atoms with Crippen LogP contribution in [0.4, 0.5) is 17.1 Å². The molecular formula is C21H23N3O3. The largest absolute Gasteiger partial charge is 0.318 e. The highest BCUT2D eigenvalue weighted by atomic mass is 16.2. The van der Waals surface area contributed by atoms with E-state index in [4.69, 9.17) is 0 Å². The first-order chi connectivity index (χ1) is 12.8. The Kier molecular flexibility index (Phi) is 5.26. The van der Waals surface area contributed by atoms with Crippen molar-refractivity contribution in [2.24, 2.45) is 0 Å². The van der Waals surface area contributed by atoms with Crippen molar-refractivity contribution < 1.29 is 14.4 Å². The molecule has 1 aliphatic rings. The van der Waals surface area contributed by atoms with Crippen LogP contribution >= 0.6 is 0 Å². The summed E-state index contributed by atoms with van der Waals surface area (Å²) in [6, 6.07) is 10.9. The summed E-state index contributed by atoms with van der Waals surface area (Å²) >= 11 is 0. The van der Waals surface area contributed by atoms with Crippen molar-refractivity contribution in [2.45, 2.75) is 33.6 Å². The molecule has 2 N–H and O–H groups in total. The molecule has 27 heavy (non-hydrogen) atoms. The number of rotatable bonds is 3. The number of hydrogen-bond donors (Lipinski definition) is 2. The Morgan fingerprint density at radius 2 is 1.63 bits per heavy atom. The van der Waals surface area contributed by atoms with Gasteiger partial charge in [-0.05, 0) is 56.5 Å². The lowest BCUT2D eigenvalue weighted by atomic mass is 10.1. The third-order valence-corrected chi connectivity index (χ3v) is 4.61. The van der Waals surface area contributed by atoms with E-state index in [0.29, 0.717) is 24.3 Å². The molecule has 0 spiro atoms. The molecule has 140 valence electrons. The Morgan fingerprint density at radius 1 is 0.963 bits per heavy atom. The van der Waals surface area contributed by atoms with Crippen LogP contribution in [0.1, 0.15) is 29.5 Å². The van der Waals surface area contributed by atoms with Crippen LogP contribution in [-0.2, 0) is 14.4 Å². The second kappa shape index (κ2) is 7.61. The maximum atomic E-state index is 12.3. The van der Waals surface area contributed by atoms with Gasteiger partial charge in [-0.1, -0.05) is 23.8 Å². The molecule has 3 amide bonds. The summed E-state index contributed by atoms with van der Waals surface area (Å²) in [6.45, 7) is 6.44. The van der Waals surface area contributed by atoms with E-state index < -0.39 is 11.8 Å². The molecule has 0 radical (unpaired) electrons. The van der Waals surface area contributed by atoms with E-state index in [1.54, 1.807) is 23.1 Å². The number of benzene rings is 2. The molecule has 1 heterocycles. The summed E-state index contributed by atoms with van der Waals surface area (Å²) in [7, 11) is 0. The Balaban J connectivity index is 1.70. The van der Waals surface area contributed by atoms with Gasteiger partial charge in [0.25, 0.3) is 0 Å². The number of hydrogen-bond acceptors (Lipinski definition) is 3. The van der Waals surface area contributed by atoms with Crippen LogP contribution in [-0.4, -0.2) is 24.3 Å². The predicted molar refractivity (Wildman–Crippen MR) is 106 cm³/mol. The molecule has 6 heteroatoms. The average molecular weight is 365 g/mol. The van der Waals surface area contributed by atoms with Crippen molar-refractivity contribution in [3.05, 3.63) is 53.1 Å². The second-order valence-electron chi connectivity index (χ2n) is 6.88. The monoisotopic (exact) mass is 365 g/mol. The first-order valence-corrected chi connectivity index (χ1v) is 8.96. The summed E-state index contributed by atoms with van der Waals surface area (Å²) in [6.07, 6.45) is 1.36. The molecule has 1 fully saturated rings. The minimum atomic E-state index is -0.751. The highest BCUT2D eigenvalue weighted by Gasteiger charge is 2.22. The molecule has 0 bridgehead atoms. The summed E-state index contributed by atoms with van der Waals surface area (Å²) in [5.74, 6) is -1.41. The molecule has 2 aromatic rings. The Bertz CT molecular complexity index is 898. The van der Waals surface area contributed by atoms with Gasteiger partial charge in [0.05, 0.1) is 0 Å². The van der Waals surface area contributed by atoms with Crippen LogP contribution in [0.3, 0.4) is 0 Å². The van der Waals surface area contributed by atoms with Gasteiger partial charge in [0, 0.05) is 30.0 Å². The van der Waals surface area contributed by atoms with Gasteiger partial charge in [0.1, 0.15) is 0 Å². The molecule has 3 rings (SSSR count). The van der Waals surface area contributed by atoms with Gasteiger partial charge >= 0.3 is 11.8 Å². The van der Waals surface area contributed by atoms with Crippen LogP contribution in [0.15, 0.2) is 36.4 Å². The molecule has 0 atom stereocenters. The van der Waals surface area contributed by atoms with E-state index >= 15 is 0 Å². The highest BCUT2D eigenvalue weighted by Crippen LogP contribution is 2.25. The van der Waals surface area contributed by atoms with Crippen molar-refractivity contribution in [1.82, 2.24) is 0 Å². The molecule has 0 aliphatic carbocycles. The maximum Gasteiger partial charge on any atom is 0.314 e. The van der Waals surface area contributed by atoms with Gasteiger partial charge in [-0.25, -0.2) is 0 Å². The third kappa shape index (κ3) is 4.16. The molecule has 2 aromatic carbocycles. The van der Waals surface area contributed by atoms with Crippen LogP contribution in [0, 0.1) is 20.8 Å². The fourth-order valence-electron chi connectivity index (χ4n) is 3.41. The first-order valence-electron chi connectivity index (χ1n) is 8.96. The minimum Gasteiger partial charge on any atom is -0.318 e. The fraction of sp³-hybridized carbons (Fsp3) is 0.286. The number of amides is 3. The summed E-state index contributed by atoms with van der Waals surface area (Å²) < 4.78 is 0. The van der Waals surface area contributed by atoms with Gasteiger partial charge < -0.3 is 15.5 Å². The van der Waals surface area contributed by atoms with Gasteiger partial charge in [-0.3, -0.25) is 14.4 Å². The lowest BCUT2D eigenvalue weighted by molar-refractivity contribution is -0.133. The second-order valence-corrected chi connectivity index (χ2v) is 6.88. The Morgan fingerprint density at radius 3 is 2.26 bits per heavy atom. The number of carbonyl (C=O) groups is 3. The molecule has 1 saturated heterocycles. The van der Waals surface area contributed by atoms with Crippen LogP contribution < -0.4 is 15.5 Å². The topological polar surface area (TPSA) is 78.5 Å². The van der Waals surface area contributed by atoms with Crippen LogP contribution in [0.25, 0.3) is 0 Å². The molecule has 6 nitrogen and oxygen atoms in total. The van der Waals surface area contributed by atoms with E-state index in [1.807, 2.05) is 39.0 Å². The van der Waals surface area contributed by atoms with E-state index in [0.717, 1.165) is 28.8 Å². The number of anilines is 3. The number of aryl methyl sites for hydroxylation is 3. The zero-order valence-electron chi connectivity index (χ0n) is 15.8. The van der Waals surface area contributed by atoms with E-state index in [9.17, 15) is 14.4 Å². The summed E-state index contributed by atoms with van der Waals surface area (Å²) in [5, 5.41) is 5.29. The van der Waals surface area contributed by atoms with Crippen molar-refractivity contribution in [1.29, 1.82) is 0 Å². The zero-order valence-corrected chi connectivity index (χ0v) is 15.8. The van der Waals surface area contributed by atoms with E-state index in [-0.39, 0.29) is 5.91 Å². The van der Waals surface area contributed by atoms with Gasteiger partial charge in [-0.15, -0.1) is 0 Å². The highest BCUT2D eigenvalue weighted by molar-refractivity contribution is 6.43. The third-order valence-electron chi connectivity index (χ3n) is 4.61. The first kappa shape index (κ1) is 18.6. The number of nitrogens with zero attached hydrogens (tertiary/aromatic N) is 1. The molecule has 1 aliphatic heterocycles. The quantitative estimate of drug-likeness (QED) is 0.819. The van der Waals surface area contributed by atoms with Gasteiger partial charge in [0.2, 0.25) is 5.91 Å². The smallest absolute Gasteiger partial charge is 0.314 e. The lowest BCUT2D eigenvalue weighted by Crippen LogP contribution is -2.30. The van der Waals surface area contributed by atoms with E-state index in [2.05, 4.69) is 10.6 Å². The summed E-state index contributed by atoms with van der Waals surface area (Å²) in [4.78, 5) is 38.2. The number of nitrogens with one attached hydrogen (secondary N) is 2. The normalized spacial score (nSPS) is 13.6. The lowest BCUT2D eigenvalue weighted by Gasteiger charge is -2.17. The van der Waals surface area contributed by atoms with Crippen molar-refractivity contribution in [3.8, 4) is 0 Å². The van der Waals surface area contributed by atoms with Crippen LogP contribution in [0.2, 0.25) is 0 Å². The van der Waals surface area contributed by atoms with Crippen molar-refractivity contribution in [2.75, 3.05) is 22.1 Å². The Labute approximate surface area is 158 Å². The van der Waals surface area contributed by atoms with Crippen molar-refractivity contribution >= 4 is 34.8 Å². The Hall–Kier alpha value is -3.15. The van der Waals surface area contributed by atoms with Gasteiger partial charge in [-0.2, -0.15) is 0 Å². The molecule has 0 saturated carbocycles. The summed E-state index contributed by atoms with van der Waals surface area (Å²) in [5.41, 5.74) is 4.76. The van der Waals surface area contributed by atoms with E-state index in [1.165, 1.54) is 0 Å². The minimum absolute atomic E-state index is 0.0709. The molecule has 0 aromatic heterocycles. The predicted octanol–water partition coefficient (Wildman–Crippen LogP) is 3.32. The van der Waals surface area contributed by atoms with Crippen LogP contribution in [0.5, 0.6) is 0 Å². The fourth-order valence-corrected chi connectivity index (χ4v) is 3.41. The maximum absolute atomic E-state index is 12.3. The van der Waals surface area contributed by atoms with Crippen molar-refractivity contribution in [3.63, 3.8) is 0 Å². The molecular weight excluding hydrogens is 342 g/mol. The standard InChI is InChI=1S/C21H23N3O3/c1-13-10-14(2)19(15(3)11-13)23-21(27)20(26)22-16-6-4-7-17(12-16)24-9-5-8-18(24)25/h4,6-7,10-12H,5,8-9H2,1-3H3,(H,22,26)(H,23,27). The SMILES string of the molecule is Cc1cc(C)c(NC(=O)C(=O)Nc2cccc(N3CCCC3=O)c2)c(C)c1. The van der Waals surface area contributed by atoms with Gasteiger partial charge in [0.15, 0.2) is 0 Å². The zero-order chi connectivity index (χ0) is 19.6. The number of carbonyl (C=O) groups excluding carboxylic acids is 3.